The number of aromatic amines is 1. The maximum atomic E-state index is 13.4. The average molecular weight is 536 g/mol. The van der Waals surface area contributed by atoms with Crippen LogP contribution in [-0.2, 0) is 20.7 Å². The van der Waals surface area contributed by atoms with Gasteiger partial charge in [-0.1, -0.05) is 37.1 Å². The fourth-order valence-electron chi connectivity index (χ4n) is 6.52. The van der Waals surface area contributed by atoms with Crippen LogP contribution < -0.4 is 10.1 Å². The molecule has 39 heavy (non-hydrogen) atoms. The van der Waals surface area contributed by atoms with Gasteiger partial charge < -0.3 is 30.0 Å². The number of likely N-dealkylation sites (tertiary alicyclic amines) is 1. The molecule has 3 aromatic rings. The number of fused-ring (bicyclic) bond motifs is 2. The lowest BCUT2D eigenvalue weighted by atomic mass is 9.66. The van der Waals surface area contributed by atoms with Crippen LogP contribution in [0.1, 0.15) is 49.3 Å². The van der Waals surface area contributed by atoms with Gasteiger partial charge >= 0.3 is 5.97 Å². The van der Waals surface area contributed by atoms with Crippen LogP contribution >= 0.6 is 0 Å². The number of nitrogens with zero attached hydrogens (tertiary/aromatic N) is 1. The minimum absolute atomic E-state index is 0.0402. The number of aromatic nitrogens is 1. The predicted octanol–water partition coefficient (Wildman–Crippen LogP) is 3.45. The van der Waals surface area contributed by atoms with Crippen LogP contribution in [0, 0.1) is 5.92 Å². The van der Waals surface area contributed by atoms with E-state index in [1.807, 2.05) is 36.5 Å². The number of aliphatic hydroxyl groups is 1. The second kappa shape index (κ2) is 11.3. The molecule has 1 aliphatic carbocycles. The van der Waals surface area contributed by atoms with Crippen LogP contribution in [0.2, 0.25) is 0 Å². The average Bonchev–Trinajstić information content (AvgIpc) is 3.35. The molecule has 0 radical (unpaired) electrons. The Morgan fingerprint density at radius 1 is 1.18 bits per heavy atom. The number of hydrogen-bond acceptors (Lipinski definition) is 7. The molecule has 2 aromatic carbocycles. The summed E-state index contributed by atoms with van der Waals surface area (Å²) >= 11 is 0. The van der Waals surface area contributed by atoms with E-state index < -0.39 is 17.6 Å². The third-order valence-corrected chi connectivity index (χ3v) is 8.48. The van der Waals surface area contributed by atoms with Gasteiger partial charge in [0.05, 0.1) is 26.4 Å². The van der Waals surface area contributed by atoms with Crippen molar-refractivity contribution in [2.75, 3.05) is 27.3 Å². The number of ether oxygens (including phenoxy) is 2. The lowest BCUT2D eigenvalue weighted by Gasteiger charge is -2.52. The predicted molar refractivity (Wildman–Crippen MR) is 146 cm³/mol. The highest BCUT2D eigenvalue weighted by Gasteiger charge is 2.49. The molecule has 0 spiro atoms. The van der Waals surface area contributed by atoms with Crippen LogP contribution in [0.4, 0.5) is 0 Å². The minimum atomic E-state index is -0.842. The summed E-state index contributed by atoms with van der Waals surface area (Å²) in [6, 6.07) is 12.0. The molecule has 1 saturated heterocycles. The van der Waals surface area contributed by atoms with Crippen LogP contribution in [0.5, 0.6) is 11.5 Å². The number of para-hydroxylation sites is 1. The summed E-state index contributed by atoms with van der Waals surface area (Å²) in [5.41, 5.74) is 1.96. The number of carbonyl (C=O) groups is 2. The SMILES string of the molecule is COC(=O)C(Cc1c[nH]c2ccccc12)NC(=O)CN1CCC2(O)CCCCC2C1c1ccc(O)c(OC)c1. The number of aromatic hydroxyl groups is 1. The van der Waals surface area contributed by atoms with E-state index in [2.05, 4.69) is 15.2 Å². The standard InChI is InChI=1S/C30H37N3O6/c1-38-26-16-19(10-11-25(26)34)28-22-8-5-6-12-30(22,37)13-14-33(28)18-27(35)32-24(29(36)39-2)15-20-17-31-23-9-4-3-7-21(20)23/h3-4,7,9-11,16-17,22,24,28,31,34,37H,5-6,8,12-15,18H2,1-2H3,(H,32,35). The topological polar surface area (TPSA) is 124 Å². The van der Waals surface area contributed by atoms with Crippen LogP contribution in [-0.4, -0.2) is 70.9 Å². The highest BCUT2D eigenvalue weighted by molar-refractivity contribution is 5.88. The highest BCUT2D eigenvalue weighted by Crippen LogP contribution is 2.50. The van der Waals surface area contributed by atoms with Crippen molar-refractivity contribution in [1.82, 2.24) is 15.2 Å². The number of methoxy groups -OCH3 is 2. The highest BCUT2D eigenvalue weighted by atomic mass is 16.5. The Balaban J connectivity index is 1.38. The summed E-state index contributed by atoms with van der Waals surface area (Å²) in [6.07, 6.45) is 6.29. The molecule has 4 unspecified atom stereocenters. The normalized spacial score (nSPS) is 24.1. The monoisotopic (exact) mass is 535 g/mol. The summed E-state index contributed by atoms with van der Waals surface area (Å²) in [6.45, 7) is 0.585. The van der Waals surface area contributed by atoms with Gasteiger partial charge in [-0.25, -0.2) is 4.79 Å². The minimum Gasteiger partial charge on any atom is -0.504 e. The van der Waals surface area contributed by atoms with Gasteiger partial charge in [0.1, 0.15) is 6.04 Å². The van der Waals surface area contributed by atoms with Gasteiger partial charge in [0, 0.05) is 42.0 Å². The van der Waals surface area contributed by atoms with Crippen LogP contribution in [0.3, 0.4) is 0 Å². The van der Waals surface area contributed by atoms with E-state index >= 15 is 0 Å². The number of phenols is 1. The van der Waals surface area contributed by atoms with Gasteiger partial charge in [-0.15, -0.1) is 0 Å². The molecular formula is C30H37N3O6. The zero-order chi connectivity index (χ0) is 27.6. The van der Waals surface area contributed by atoms with Crippen molar-refractivity contribution >= 4 is 22.8 Å². The molecule has 9 nitrogen and oxygen atoms in total. The molecule has 2 aliphatic rings. The maximum Gasteiger partial charge on any atom is 0.328 e. The summed E-state index contributed by atoms with van der Waals surface area (Å²) in [5.74, 6) is -0.467. The smallest absolute Gasteiger partial charge is 0.328 e. The fourth-order valence-corrected chi connectivity index (χ4v) is 6.52. The van der Waals surface area contributed by atoms with E-state index in [-0.39, 0.29) is 30.2 Å². The molecule has 1 aromatic heterocycles. The Kier molecular flexibility index (Phi) is 7.81. The third kappa shape index (κ3) is 5.46. The number of amides is 1. The van der Waals surface area contributed by atoms with Gasteiger partial charge in [-0.2, -0.15) is 0 Å². The van der Waals surface area contributed by atoms with Crippen molar-refractivity contribution < 1.29 is 29.3 Å². The lowest BCUT2D eigenvalue weighted by Crippen LogP contribution is -2.57. The first kappa shape index (κ1) is 27.0. The lowest BCUT2D eigenvalue weighted by molar-refractivity contribution is -0.146. The Bertz CT molecular complexity index is 1340. The van der Waals surface area contributed by atoms with Gasteiger partial charge in [-0.05, 0) is 48.6 Å². The zero-order valence-corrected chi connectivity index (χ0v) is 22.5. The van der Waals surface area contributed by atoms with E-state index in [0.717, 1.165) is 47.7 Å². The Morgan fingerprint density at radius 2 is 2.00 bits per heavy atom. The molecule has 2 heterocycles. The van der Waals surface area contributed by atoms with Crippen molar-refractivity contribution in [3.8, 4) is 11.5 Å². The fraction of sp³-hybridized carbons (Fsp3) is 0.467. The van der Waals surface area contributed by atoms with Crippen LogP contribution in [0.15, 0.2) is 48.7 Å². The quantitative estimate of drug-likeness (QED) is 0.326. The number of benzene rings is 2. The molecule has 1 amide bonds. The first-order valence-electron chi connectivity index (χ1n) is 13.6. The van der Waals surface area contributed by atoms with Gasteiger partial charge in [0.2, 0.25) is 5.91 Å². The Labute approximate surface area is 228 Å². The summed E-state index contributed by atoms with van der Waals surface area (Å²) < 4.78 is 10.4. The number of esters is 1. The first-order chi connectivity index (χ1) is 18.8. The molecule has 1 aliphatic heterocycles. The molecule has 4 N–H and O–H groups in total. The number of H-pyrrole nitrogens is 1. The molecule has 4 atom stereocenters. The van der Waals surface area contributed by atoms with Crippen molar-refractivity contribution in [3.05, 3.63) is 59.8 Å². The van der Waals surface area contributed by atoms with E-state index in [1.54, 1.807) is 12.1 Å². The number of phenolic OH excluding ortho intramolecular Hbond substituents is 1. The van der Waals surface area contributed by atoms with E-state index in [4.69, 9.17) is 9.47 Å². The molecule has 2 fully saturated rings. The maximum absolute atomic E-state index is 13.4. The summed E-state index contributed by atoms with van der Waals surface area (Å²) in [4.78, 5) is 31.4. The van der Waals surface area contributed by atoms with Crippen LogP contribution in [0.25, 0.3) is 10.9 Å². The van der Waals surface area contributed by atoms with Gasteiger partial charge in [0.25, 0.3) is 0 Å². The van der Waals surface area contributed by atoms with Gasteiger partial charge in [0.15, 0.2) is 11.5 Å². The van der Waals surface area contributed by atoms with E-state index in [1.165, 1.54) is 14.2 Å². The molecule has 1 saturated carbocycles. The van der Waals surface area contributed by atoms with Crippen molar-refractivity contribution in [3.63, 3.8) is 0 Å². The molecular weight excluding hydrogens is 498 g/mol. The second-order valence-corrected chi connectivity index (χ2v) is 10.8. The van der Waals surface area contributed by atoms with Crippen molar-refractivity contribution in [2.24, 2.45) is 5.92 Å². The number of piperidine rings is 1. The summed E-state index contributed by atoms with van der Waals surface area (Å²) in [5, 5.41) is 25.6. The number of hydrogen-bond donors (Lipinski definition) is 4. The first-order valence-corrected chi connectivity index (χ1v) is 13.6. The van der Waals surface area contributed by atoms with Crippen molar-refractivity contribution in [2.45, 2.75) is 56.2 Å². The molecule has 9 heteroatoms. The number of nitrogens with one attached hydrogen (secondary N) is 2. The molecule has 0 bridgehead atoms. The van der Waals surface area contributed by atoms with E-state index in [0.29, 0.717) is 25.1 Å². The molecule has 5 rings (SSSR count). The largest absolute Gasteiger partial charge is 0.504 e. The van der Waals surface area contributed by atoms with E-state index in [9.17, 15) is 19.8 Å². The van der Waals surface area contributed by atoms with Gasteiger partial charge in [-0.3, -0.25) is 9.69 Å². The van der Waals surface area contributed by atoms with Crippen molar-refractivity contribution in [1.29, 1.82) is 0 Å². The second-order valence-electron chi connectivity index (χ2n) is 10.8. The molecule has 208 valence electrons. The summed E-state index contributed by atoms with van der Waals surface area (Å²) in [7, 11) is 2.82. The number of carbonyl (C=O) groups excluding carboxylic acids is 2. The third-order valence-electron chi connectivity index (χ3n) is 8.48. The zero-order valence-electron chi connectivity index (χ0n) is 22.5. The number of rotatable bonds is 8. The Hall–Kier alpha value is -3.56. The Morgan fingerprint density at radius 3 is 2.79 bits per heavy atom.